The van der Waals surface area contributed by atoms with Gasteiger partial charge < -0.3 is 19.0 Å². The van der Waals surface area contributed by atoms with Crippen molar-refractivity contribution in [1.82, 2.24) is 0 Å². The van der Waals surface area contributed by atoms with Gasteiger partial charge in [-0.2, -0.15) is 0 Å². The van der Waals surface area contributed by atoms with Gasteiger partial charge in [0.05, 0.1) is 23.0 Å². The summed E-state index contributed by atoms with van der Waals surface area (Å²) in [6, 6.07) is 19.9. The van der Waals surface area contributed by atoms with Gasteiger partial charge in [-0.1, -0.05) is 54.6 Å². The third kappa shape index (κ3) is 3.20. The molecule has 0 saturated heterocycles. The first kappa shape index (κ1) is 20.3. The lowest BCUT2D eigenvalue weighted by Crippen LogP contribution is -2.25. The summed E-state index contributed by atoms with van der Waals surface area (Å²) in [5.41, 5.74) is -0.758. The standard InChI is InChI=1S/C25H17NO7/c1-31-18-13-7-11-16-19(20-22(27)15-10-5-6-12-17(15)32-25(20)28)21(26(29)30)23(33-24(16)18)14-8-3-2-4-9-14/h2-13,23,27H,1H3. The van der Waals surface area contributed by atoms with Crippen LogP contribution in [0.15, 0.2) is 87.7 Å². The maximum Gasteiger partial charge on any atom is 0.348 e. The van der Waals surface area contributed by atoms with Crippen molar-refractivity contribution in [2.45, 2.75) is 6.10 Å². The van der Waals surface area contributed by atoms with E-state index in [2.05, 4.69) is 0 Å². The zero-order valence-corrected chi connectivity index (χ0v) is 17.3. The second kappa shape index (κ2) is 7.83. The predicted octanol–water partition coefficient (Wildman–Crippen LogP) is 4.68. The molecule has 0 aliphatic carbocycles. The van der Waals surface area contributed by atoms with Crippen LogP contribution in [0.25, 0.3) is 16.5 Å². The van der Waals surface area contributed by atoms with Crippen LogP contribution >= 0.6 is 0 Å². The number of hydrogen-bond acceptors (Lipinski definition) is 7. The normalized spacial score (nSPS) is 15.1. The molecule has 8 heteroatoms. The van der Waals surface area contributed by atoms with Crippen LogP contribution < -0.4 is 15.1 Å². The van der Waals surface area contributed by atoms with Crippen molar-refractivity contribution in [2.75, 3.05) is 7.11 Å². The molecule has 4 aromatic rings. The number of fused-ring (bicyclic) bond motifs is 2. The molecule has 1 aliphatic heterocycles. The largest absolute Gasteiger partial charge is 0.506 e. The van der Waals surface area contributed by atoms with Crippen LogP contribution in [0, 0.1) is 10.1 Å². The molecular formula is C25H17NO7. The molecule has 0 amide bonds. The van der Waals surface area contributed by atoms with Crippen molar-refractivity contribution in [3.05, 3.63) is 116 Å². The van der Waals surface area contributed by atoms with Gasteiger partial charge in [-0.05, 0) is 18.2 Å². The van der Waals surface area contributed by atoms with E-state index >= 15 is 0 Å². The first-order valence-corrected chi connectivity index (χ1v) is 10.0. The minimum absolute atomic E-state index is 0.0778. The quantitative estimate of drug-likeness (QED) is 0.277. The summed E-state index contributed by atoms with van der Waals surface area (Å²) < 4.78 is 16.9. The van der Waals surface area contributed by atoms with E-state index in [9.17, 15) is 20.0 Å². The summed E-state index contributed by atoms with van der Waals surface area (Å²) in [6.45, 7) is 0. The Labute approximate surface area is 187 Å². The highest BCUT2D eigenvalue weighted by atomic mass is 16.6. The second-order valence-corrected chi connectivity index (χ2v) is 7.37. The molecule has 0 saturated carbocycles. The molecule has 1 aliphatic rings. The Balaban J connectivity index is 1.93. The number of nitrogens with zero attached hydrogens (tertiary/aromatic N) is 1. The Morgan fingerprint density at radius 3 is 2.45 bits per heavy atom. The first-order chi connectivity index (χ1) is 16.0. The molecule has 2 heterocycles. The second-order valence-electron chi connectivity index (χ2n) is 7.37. The lowest BCUT2D eigenvalue weighted by molar-refractivity contribution is -0.435. The van der Waals surface area contributed by atoms with Crippen molar-refractivity contribution < 1.29 is 23.9 Å². The van der Waals surface area contributed by atoms with Gasteiger partial charge in [0.1, 0.15) is 16.9 Å². The number of para-hydroxylation sites is 2. The summed E-state index contributed by atoms with van der Waals surface area (Å²) in [4.78, 5) is 24.9. The highest BCUT2D eigenvalue weighted by Gasteiger charge is 2.42. The predicted molar refractivity (Wildman–Crippen MR) is 120 cm³/mol. The van der Waals surface area contributed by atoms with Crippen LogP contribution in [-0.4, -0.2) is 17.1 Å². The smallest absolute Gasteiger partial charge is 0.348 e. The van der Waals surface area contributed by atoms with Crippen LogP contribution in [0.1, 0.15) is 22.8 Å². The Morgan fingerprint density at radius 1 is 1.00 bits per heavy atom. The molecule has 1 N–H and O–H groups in total. The van der Waals surface area contributed by atoms with E-state index in [-0.39, 0.29) is 39.1 Å². The van der Waals surface area contributed by atoms with Crippen LogP contribution in [0.3, 0.4) is 0 Å². The number of benzene rings is 3. The van der Waals surface area contributed by atoms with Gasteiger partial charge in [0.2, 0.25) is 6.10 Å². The summed E-state index contributed by atoms with van der Waals surface area (Å²) in [6.07, 6.45) is -1.16. The molecule has 33 heavy (non-hydrogen) atoms. The molecule has 8 nitrogen and oxygen atoms in total. The molecule has 0 radical (unpaired) electrons. The zero-order valence-electron chi connectivity index (χ0n) is 17.3. The summed E-state index contributed by atoms with van der Waals surface area (Å²) in [7, 11) is 1.45. The Kier molecular flexibility index (Phi) is 4.82. The van der Waals surface area contributed by atoms with Crippen molar-refractivity contribution in [3.63, 3.8) is 0 Å². The molecular weight excluding hydrogens is 426 g/mol. The van der Waals surface area contributed by atoms with Gasteiger partial charge in [-0.3, -0.25) is 10.1 Å². The van der Waals surface area contributed by atoms with E-state index < -0.39 is 22.4 Å². The number of rotatable bonds is 4. The van der Waals surface area contributed by atoms with Crippen molar-refractivity contribution >= 4 is 16.5 Å². The highest BCUT2D eigenvalue weighted by molar-refractivity contribution is 5.95. The Bertz CT molecular complexity index is 1490. The van der Waals surface area contributed by atoms with Crippen molar-refractivity contribution in [2.24, 2.45) is 0 Å². The first-order valence-electron chi connectivity index (χ1n) is 10.0. The average molecular weight is 443 g/mol. The van der Waals surface area contributed by atoms with Gasteiger partial charge in [0.25, 0.3) is 5.70 Å². The molecule has 0 bridgehead atoms. The molecule has 3 aromatic carbocycles. The fourth-order valence-corrected chi connectivity index (χ4v) is 4.10. The lowest BCUT2D eigenvalue weighted by atomic mass is 9.89. The monoisotopic (exact) mass is 443 g/mol. The van der Waals surface area contributed by atoms with Gasteiger partial charge >= 0.3 is 5.63 Å². The summed E-state index contributed by atoms with van der Waals surface area (Å²) in [5.74, 6) is 0.151. The minimum atomic E-state index is -1.16. The van der Waals surface area contributed by atoms with Crippen molar-refractivity contribution in [1.29, 1.82) is 0 Å². The fraction of sp³-hybridized carbons (Fsp3) is 0.0800. The SMILES string of the molecule is COc1cccc2c1OC(c1ccccc1)C([N+](=O)[O-])=C2c1c(O)c2ccccc2oc1=O. The summed E-state index contributed by atoms with van der Waals surface area (Å²) in [5, 5.41) is 23.8. The van der Waals surface area contributed by atoms with Gasteiger partial charge in [-0.25, -0.2) is 4.79 Å². The maximum absolute atomic E-state index is 13.1. The topological polar surface area (TPSA) is 112 Å². The van der Waals surface area contributed by atoms with E-state index in [1.54, 1.807) is 66.7 Å². The van der Waals surface area contributed by atoms with Crippen LogP contribution in [0.2, 0.25) is 0 Å². The van der Waals surface area contributed by atoms with Gasteiger partial charge in [0, 0.05) is 11.1 Å². The van der Waals surface area contributed by atoms with E-state index in [0.29, 0.717) is 11.3 Å². The number of aromatic hydroxyl groups is 1. The molecule has 1 unspecified atom stereocenters. The molecule has 0 fully saturated rings. The van der Waals surface area contributed by atoms with Crippen molar-refractivity contribution in [3.8, 4) is 17.2 Å². The van der Waals surface area contributed by atoms with E-state index in [1.807, 2.05) is 0 Å². The minimum Gasteiger partial charge on any atom is -0.506 e. The lowest BCUT2D eigenvalue weighted by Gasteiger charge is -2.27. The molecule has 1 aromatic heterocycles. The third-order valence-electron chi connectivity index (χ3n) is 5.54. The number of methoxy groups -OCH3 is 1. The Hall–Kier alpha value is -4.59. The molecule has 0 spiro atoms. The van der Waals surface area contributed by atoms with Crippen LogP contribution in [0.4, 0.5) is 0 Å². The maximum atomic E-state index is 13.1. The fourth-order valence-electron chi connectivity index (χ4n) is 4.10. The average Bonchev–Trinajstić information content (AvgIpc) is 2.83. The zero-order chi connectivity index (χ0) is 23.1. The Morgan fingerprint density at radius 2 is 1.73 bits per heavy atom. The number of ether oxygens (including phenoxy) is 2. The van der Waals surface area contributed by atoms with Gasteiger partial charge in [0.15, 0.2) is 11.5 Å². The van der Waals surface area contributed by atoms with E-state index in [4.69, 9.17) is 13.9 Å². The highest BCUT2D eigenvalue weighted by Crippen LogP contribution is 2.50. The molecule has 1 atom stereocenters. The van der Waals surface area contributed by atoms with Gasteiger partial charge in [-0.15, -0.1) is 0 Å². The number of nitro groups is 1. The van der Waals surface area contributed by atoms with Crippen LogP contribution in [0.5, 0.6) is 17.2 Å². The van der Waals surface area contributed by atoms with E-state index in [0.717, 1.165) is 0 Å². The van der Waals surface area contributed by atoms with Crippen LogP contribution in [-0.2, 0) is 0 Å². The number of hydrogen-bond donors (Lipinski definition) is 1. The molecule has 5 rings (SSSR count). The molecule has 164 valence electrons. The third-order valence-corrected chi connectivity index (χ3v) is 5.54. The van der Waals surface area contributed by atoms with E-state index in [1.165, 1.54) is 13.2 Å². The summed E-state index contributed by atoms with van der Waals surface area (Å²) >= 11 is 0.